The number of hydrogen-bond donors (Lipinski definition) is 2. The van der Waals surface area contributed by atoms with E-state index in [0.29, 0.717) is 12.3 Å². The van der Waals surface area contributed by atoms with Gasteiger partial charge in [-0.3, -0.25) is 10.1 Å². The highest BCUT2D eigenvalue weighted by Crippen LogP contribution is 2.31. The number of nitro groups is 1. The van der Waals surface area contributed by atoms with Crippen LogP contribution in [-0.4, -0.2) is 29.7 Å². The topological polar surface area (TPSA) is 114 Å². The van der Waals surface area contributed by atoms with Crippen LogP contribution in [0.5, 0.6) is 0 Å². The second-order valence-corrected chi connectivity index (χ2v) is 4.66. The molecule has 0 amide bonds. The average Bonchev–Trinajstić information content (AvgIpc) is 2.44. The van der Waals surface area contributed by atoms with Crippen molar-refractivity contribution >= 4 is 11.4 Å². The molecule has 1 aliphatic rings. The summed E-state index contributed by atoms with van der Waals surface area (Å²) in [5.41, 5.74) is 6.39. The molecule has 20 heavy (non-hydrogen) atoms. The molecule has 3 atom stereocenters. The van der Waals surface area contributed by atoms with E-state index in [2.05, 4.69) is 5.32 Å². The van der Waals surface area contributed by atoms with Crippen LogP contribution in [0.1, 0.15) is 18.9 Å². The van der Waals surface area contributed by atoms with Crippen LogP contribution in [0.25, 0.3) is 0 Å². The quantitative estimate of drug-likeness (QED) is 0.620. The third kappa shape index (κ3) is 2.71. The number of hydrogen-bond acceptors (Lipinski definition) is 6. The van der Waals surface area contributed by atoms with Gasteiger partial charge in [0.05, 0.1) is 28.7 Å². The SMILES string of the molecule is CCOC1CC(N)C1Nc1ccc(C#N)cc1[N+](=O)[O-]. The summed E-state index contributed by atoms with van der Waals surface area (Å²) in [4.78, 5) is 10.5. The van der Waals surface area contributed by atoms with Gasteiger partial charge in [0.15, 0.2) is 0 Å². The lowest BCUT2D eigenvalue weighted by Crippen LogP contribution is -2.60. The Labute approximate surface area is 116 Å². The molecule has 0 aromatic heterocycles. The average molecular weight is 276 g/mol. The summed E-state index contributed by atoms with van der Waals surface area (Å²) < 4.78 is 5.51. The van der Waals surface area contributed by atoms with Crippen molar-refractivity contribution in [2.45, 2.75) is 31.5 Å². The summed E-state index contributed by atoms with van der Waals surface area (Å²) in [7, 11) is 0. The van der Waals surface area contributed by atoms with Gasteiger partial charge in [-0.05, 0) is 25.5 Å². The van der Waals surface area contributed by atoms with E-state index in [1.54, 1.807) is 0 Å². The first-order valence-corrected chi connectivity index (χ1v) is 6.39. The van der Waals surface area contributed by atoms with E-state index in [1.807, 2.05) is 13.0 Å². The molecule has 1 aromatic rings. The lowest BCUT2D eigenvalue weighted by atomic mass is 9.83. The number of benzene rings is 1. The number of anilines is 1. The van der Waals surface area contributed by atoms with Crippen LogP contribution in [0.2, 0.25) is 0 Å². The zero-order chi connectivity index (χ0) is 14.7. The van der Waals surface area contributed by atoms with Gasteiger partial charge in [0.25, 0.3) is 5.69 Å². The number of nitrogens with two attached hydrogens (primary N) is 1. The van der Waals surface area contributed by atoms with Crippen molar-refractivity contribution < 1.29 is 9.66 Å². The van der Waals surface area contributed by atoms with Crippen LogP contribution < -0.4 is 11.1 Å². The molecule has 1 fully saturated rings. The summed E-state index contributed by atoms with van der Waals surface area (Å²) in [6, 6.07) is 5.96. The number of nitriles is 1. The molecular formula is C13H16N4O3. The summed E-state index contributed by atoms with van der Waals surface area (Å²) >= 11 is 0. The van der Waals surface area contributed by atoms with Gasteiger partial charge < -0.3 is 15.8 Å². The highest BCUT2D eigenvalue weighted by molar-refractivity contribution is 5.65. The van der Waals surface area contributed by atoms with Crippen molar-refractivity contribution in [1.29, 1.82) is 5.26 Å². The van der Waals surface area contributed by atoms with E-state index in [-0.39, 0.29) is 29.4 Å². The fraction of sp³-hybridized carbons (Fsp3) is 0.462. The van der Waals surface area contributed by atoms with Crippen LogP contribution >= 0.6 is 0 Å². The van der Waals surface area contributed by atoms with Crippen LogP contribution in [0, 0.1) is 21.4 Å². The van der Waals surface area contributed by atoms with Gasteiger partial charge in [-0.1, -0.05) is 0 Å². The largest absolute Gasteiger partial charge is 0.376 e. The van der Waals surface area contributed by atoms with E-state index < -0.39 is 4.92 Å². The molecule has 0 bridgehead atoms. The molecule has 0 spiro atoms. The molecule has 0 radical (unpaired) electrons. The second kappa shape index (κ2) is 5.86. The second-order valence-electron chi connectivity index (χ2n) is 4.66. The van der Waals surface area contributed by atoms with Crippen molar-refractivity contribution in [3.05, 3.63) is 33.9 Å². The molecule has 106 valence electrons. The van der Waals surface area contributed by atoms with E-state index >= 15 is 0 Å². The number of nitrogens with zero attached hydrogens (tertiary/aromatic N) is 2. The molecular weight excluding hydrogens is 260 g/mol. The lowest BCUT2D eigenvalue weighted by Gasteiger charge is -2.42. The first kappa shape index (κ1) is 14.2. The van der Waals surface area contributed by atoms with Crippen molar-refractivity contribution in [3.8, 4) is 6.07 Å². The Bertz CT molecular complexity index is 553. The minimum atomic E-state index is -0.511. The molecule has 0 aliphatic heterocycles. The number of nitro benzene ring substituents is 1. The van der Waals surface area contributed by atoms with Crippen LogP contribution in [0.4, 0.5) is 11.4 Å². The van der Waals surface area contributed by atoms with Gasteiger partial charge in [0.2, 0.25) is 0 Å². The minimum absolute atomic E-state index is 0.0368. The smallest absolute Gasteiger partial charge is 0.293 e. The molecule has 0 saturated heterocycles. The lowest BCUT2D eigenvalue weighted by molar-refractivity contribution is -0.384. The van der Waals surface area contributed by atoms with Crippen LogP contribution in [0.15, 0.2) is 18.2 Å². The maximum Gasteiger partial charge on any atom is 0.293 e. The normalized spacial score (nSPS) is 24.6. The Morgan fingerprint density at radius 2 is 2.40 bits per heavy atom. The Morgan fingerprint density at radius 1 is 1.65 bits per heavy atom. The van der Waals surface area contributed by atoms with Gasteiger partial charge >= 0.3 is 0 Å². The molecule has 3 unspecified atom stereocenters. The first-order chi connectivity index (χ1) is 9.56. The molecule has 2 rings (SSSR count). The summed E-state index contributed by atoms with van der Waals surface area (Å²) in [6.45, 7) is 2.47. The van der Waals surface area contributed by atoms with Gasteiger partial charge in [0.1, 0.15) is 5.69 Å². The summed E-state index contributed by atoms with van der Waals surface area (Å²) in [6.07, 6.45) is 0.695. The Kier molecular flexibility index (Phi) is 4.17. The Balaban J connectivity index is 2.20. The van der Waals surface area contributed by atoms with Crippen molar-refractivity contribution in [2.24, 2.45) is 5.73 Å². The van der Waals surface area contributed by atoms with Crippen molar-refractivity contribution in [1.82, 2.24) is 0 Å². The first-order valence-electron chi connectivity index (χ1n) is 6.39. The predicted octanol–water partition coefficient (Wildman–Crippen LogP) is 1.38. The van der Waals surface area contributed by atoms with E-state index in [0.717, 1.165) is 6.42 Å². The van der Waals surface area contributed by atoms with Crippen molar-refractivity contribution in [2.75, 3.05) is 11.9 Å². The monoisotopic (exact) mass is 276 g/mol. The fourth-order valence-corrected chi connectivity index (χ4v) is 2.28. The highest BCUT2D eigenvalue weighted by Gasteiger charge is 2.40. The van der Waals surface area contributed by atoms with Crippen LogP contribution in [0.3, 0.4) is 0 Å². The summed E-state index contributed by atoms with van der Waals surface area (Å²) in [5.74, 6) is 0. The Morgan fingerprint density at radius 3 is 2.95 bits per heavy atom. The third-order valence-corrected chi connectivity index (χ3v) is 3.39. The summed E-state index contributed by atoms with van der Waals surface area (Å²) in [5, 5.41) is 22.9. The molecule has 1 saturated carbocycles. The maximum absolute atomic E-state index is 11.1. The van der Waals surface area contributed by atoms with Gasteiger partial charge in [0, 0.05) is 18.7 Å². The molecule has 7 heteroatoms. The molecule has 7 nitrogen and oxygen atoms in total. The van der Waals surface area contributed by atoms with Gasteiger partial charge in [-0.2, -0.15) is 5.26 Å². The zero-order valence-electron chi connectivity index (χ0n) is 11.1. The van der Waals surface area contributed by atoms with Crippen LogP contribution in [-0.2, 0) is 4.74 Å². The van der Waals surface area contributed by atoms with E-state index in [9.17, 15) is 10.1 Å². The fourth-order valence-electron chi connectivity index (χ4n) is 2.28. The number of rotatable bonds is 5. The standard InChI is InChI=1S/C13H16N4O3/c1-2-20-12-6-9(15)13(12)16-10-4-3-8(7-14)5-11(10)17(18)19/h3-5,9,12-13,16H,2,6,15H2,1H3. The molecule has 1 aromatic carbocycles. The van der Waals surface area contributed by atoms with Gasteiger partial charge in [-0.15, -0.1) is 0 Å². The van der Waals surface area contributed by atoms with Crippen molar-refractivity contribution in [3.63, 3.8) is 0 Å². The van der Waals surface area contributed by atoms with Gasteiger partial charge in [-0.25, -0.2) is 0 Å². The Hall–Kier alpha value is -2.17. The molecule has 3 N–H and O–H groups in total. The molecule has 0 heterocycles. The number of ether oxygens (including phenoxy) is 1. The highest BCUT2D eigenvalue weighted by atomic mass is 16.6. The van der Waals surface area contributed by atoms with E-state index in [4.69, 9.17) is 15.7 Å². The zero-order valence-corrected chi connectivity index (χ0v) is 11.1. The maximum atomic E-state index is 11.1. The number of nitrogens with one attached hydrogen (secondary N) is 1. The minimum Gasteiger partial charge on any atom is -0.376 e. The molecule has 1 aliphatic carbocycles. The van der Waals surface area contributed by atoms with E-state index in [1.165, 1.54) is 18.2 Å². The predicted molar refractivity (Wildman–Crippen MR) is 73.2 cm³/mol. The third-order valence-electron chi connectivity index (χ3n) is 3.39.